The van der Waals surface area contributed by atoms with Crippen LogP contribution in [0.15, 0.2) is 48.5 Å². The van der Waals surface area contributed by atoms with Gasteiger partial charge in [-0.3, -0.25) is 4.57 Å². The first kappa shape index (κ1) is 17.8. The first-order valence-corrected chi connectivity index (χ1v) is 8.32. The number of anilines is 1. The molecule has 0 saturated heterocycles. The van der Waals surface area contributed by atoms with E-state index in [0.717, 1.165) is 10.1 Å². The van der Waals surface area contributed by atoms with Crippen molar-refractivity contribution >= 4 is 22.8 Å². The minimum Gasteiger partial charge on any atom is -0.337 e. The van der Waals surface area contributed by atoms with Crippen molar-refractivity contribution in [2.75, 3.05) is 11.9 Å². The van der Waals surface area contributed by atoms with Gasteiger partial charge in [0.2, 0.25) is 0 Å². The van der Waals surface area contributed by atoms with Crippen LogP contribution in [0.5, 0.6) is 0 Å². The van der Waals surface area contributed by atoms with Crippen LogP contribution in [0, 0.1) is 6.92 Å². The Labute approximate surface area is 150 Å². The van der Waals surface area contributed by atoms with Crippen LogP contribution in [0.4, 0.5) is 19.3 Å². The van der Waals surface area contributed by atoms with Crippen molar-refractivity contribution in [3.63, 3.8) is 0 Å². The summed E-state index contributed by atoms with van der Waals surface area (Å²) in [6, 6.07) is 13.8. The van der Waals surface area contributed by atoms with E-state index in [-0.39, 0.29) is 24.3 Å². The predicted octanol–water partition coefficient (Wildman–Crippen LogP) is 4.67. The van der Waals surface area contributed by atoms with Crippen molar-refractivity contribution in [2.45, 2.75) is 26.3 Å². The summed E-state index contributed by atoms with van der Waals surface area (Å²) in [6.45, 7) is 1.21. The summed E-state index contributed by atoms with van der Waals surface area (Å²) < 4.78 is 27.9. The van der Waals surface area contributed by atoms with Gasteiger partial charge in [-0.2, -0.15) is 8.78 Å². The number of hydrogen-bond acceptors (Lipinski definition) is 2. The van der Waals surface area contributed by atoms with Crippen LogP contribution in [0.1, 0.15) is 30.8 Å². The lowest BCUT2D eigenvalue weighted by molar-refractivity contribution is 0.0705. The molecule has 2 amide bonds. The second-order valence-corrected chi connectivity index (χ2v) is 6.21. The van der Waals surface area contributed by atoms with Gasteiger partial charge < -0.3 is 10.6 Å². The van der Waals surface area contributed by atoms with E-state index in [1.54, 1.807) is 43.3 Å². The molecule has 0 unspecified atom stereocenters. The number of nitrogens with one attached hydrogen (secondary N) is 2. The maximum Gasteiger partial charge on any atom is 0.320 e. The van der Waals surface area contributed by atoms with Crippen LogP contribution in [0.2, 0.25) is 0 Å². The molecular weight excluding hydrogens is 338 g/mol. The van der Waals surface area contributed by atoms with Gasteiger partial charge in [-0.25, -0.2) is 9.78 Å². The maximum atomic E-state index is 13.5. The van der Waals surface area contributed by atoms with Crippen molar-refractivity contribution in [1.29, 1.82) is 0 Å². The van der Waals surface area contributed by atoms with Gasteiger partial charge in [-0.1, -0.05) is 36.8 Å². The summed E-state index contributed by atoms with van der Waals surface area (Å²) in [5, 5.41) is 5.42. The van der Waals surface area contributed by atoms with Gasteiger partial charge in [0.05, 0.1) is 11.0 Å². The van der Waals surface area contributed by atoms with Crippen LogP contribution in [-0.4, -0.2) is 22.1 Å². The molecule has 26 heavy (non-hydrogen) atoms. The van der Waals surface area contributed by atoms with Crippen LogP contribution in [0.3, 0.4) is 0 Å². The number of halogens is 2. The minimum absolute atomic E-state index is 0.188. The first-order valence-electron chi connectivity index (χ1n) is 8.32. The molecular formula is C19H20F2N4O. The highest BCUT2D eigenvalue weighted by molar-refractivity contribution is 5.89. The first-order chi connectivity index (χ1) is 12.5. The molecule has 3 rings (SSSR count). The number of rotatable bonds is 5. The molecule has 0 aliphatic heterocycles. The van der Waals surface area contributed by atoms with E-state index in [1.807, 2.05) is 19.1 Å². The average Bonchev–Trinajstić information content (AvgIpc) is 3.01. The maximum absolute atomic E-state index is 13.5. The van der Waals surface area contributed by atoms with Crippen LogP contribution in [0.25, 0.3) is 11.0 Å². The lowest BCUT2D eigenvalue weighted by atomic mass is 10.1. The van der Waals surface area contributed by atoms with Gasteiger partial charge in [0.1, 0.15) is 5.82 Å². The molecule has 0 fully saturated rings. The number of aromatic nitrogens is 2. The van der Waals surface area contributed by atoms with Crippen LogP contribution >= 0.6 is 0 Å². The lowest BCUT2D eigenvalue weighted by Crippen LogP contribution is -2.32. The molecule has 5 nitrogen and oxygen atoms in total. The Kier molecular flexibility index (Phi) is 5.16. The van der Waals surface area contributed by atoms with E-state index in [1.165, 1.54) is 0 Å². The Hall–Kier alpha value is -2.96. The summed E-state index contributed by atoms with van der Waals surface area (Å²) >= 11 is 0. The standard InChI is InChI=1S/C19H20F2N4O/c1-12-7-9-14(10-8-12)23-19(26)22-11-13(2)17-24-15-5-3-4-6-16(15)25(17)18(20)21/h3-10,13,18H,11H2,1-2H3,(H2,22,23,26)/t13-/m0/s1. The predicted molar refractivity (Wildman–Crippen MR) is 97.6 cm³/mol. The third kappa shape index (κ3) is 3.82. The molecule has 1 aromatic heterocycles. The molecule has 0 aliphatic rings. The number of aryl methyl sites for hydroxylation is 1. The second kappa shape index (κ2) is 7.51. The molecule has 2 N–H and O–H groups in total. The number of amides is 2. The summed E-state index contributed by atoms with van der Waals surface area (Å²) in [5.74, 6) is -0.128. The van der Waals surface area contributed by atoms with Crippen molar-refractivity contribution in [2.24, 2.45) is 0 Å². The van der Waals surface area contributed by atoms with Crippen molar-refractivity contribution in [3.8, 4) is 0 Å². The van der Waals surface area contributed by atoms with E-state index in [4.69, 9.17) is 0 Å². The number of carbonyl (C=O) groups excluding carboxylic acids is 1. The van der Waals surface area contributed by atoms with Crippen molar-refractivity contribution in [1.82, 2.24) is 14.9 Å². The molecule has 0 bridgehead atoms. The normalized spacial score (nSPS) is 12.3. The largest absolute Gasteiger partial charge is 0.337 e. The number of imidazole rings is 1. The quantitative estimate of drug-likeness (QED) is 0.697. The zero-order valence-corrected chi connectivity index (χ0v) is 14.5. The summed E-state index contributed by atoms with van der Waals surface area (Å²) in [6.07, 6.45) is 0. The highest BCUT2D eigenvalue weighted by atomic mass is 19.3. The highest BCUT2D eigenvalue weighted by Crippen LogP contribution is 2.27. The zero-order chi connectivity index (χ0) is 18.7. The summed E-state index contributed by atoms with van der Waals surface area (Å²) in [5.41, 5.74) is 2.66. The van der Waals surface area contributed by atoms with E-state index in [0.29, 0.717) is 16.7 Å². The highest BCUT2D eigenvalue weighted by Gasteiger charge is 2.22. The fourth-order valence-corrected chi connectivity index (χ4v) is 2.77. The monoisotopic (exact) mass is 358 g/mol. The fraction of sp³-hybridized carbons (Fsp3) is 0.263. The molecule has 136 valence electrons. The average molecular weight is 358 g/mol. The molecule has 3 aromatic rings. The molecule has 1 heterocycles. The molecule has 0 radical (unpaired) electrons. The van der Waals surface area contributed by atoms with Gasteiger partial charge in [0, 0.05) is 18.2 Å². The fourth-order valence-electron chi connectivity index (χ4n) is 2.77. The number of alkyl halides is 2. The Bertz CT molecular complexity index is 906. The van der Waals surface area contributed by atoms with Crippen molar-refractivity contribution in [3.05, 3.63) is 59.9 Å². The zero-order valence-electron chi connectivity index (χ0n) is 14.5. The molecule has 0 aliphatic carbocycles. The summed E-state index contributed by atoms with van der Waals surface area (Å²) in [4.78, 5) is 16.3. The Balaban J connectivity index is 1.69. The van der Waals surface area contributed by atoms with Gasteiger partial charge in [0.15, 0.2) is 0 Å². The van der Waals surface area contributed by atoms with E-state index >= 15 is 0 Å². The molecule has 7 heteroatoms. The van der Waals surface area contributed by atoms with Gasteiger partial charge in [0.25, 0.3) is 0 Å². The number of hydrogen-bond donors (Lipinski definition) is 2. The van der Waals surface area contributed by atoms with Gasteiger partial charge >= 0.3 is 12.6 Å². The number of para-hydroxylation sites is 2. The Morgan fingerprint density at radius 3 is 2.54 bits per heavy atom. The number of carbonyl (C=O) groups is 1. The Morgan fingerprint density at radius 2 is 1.85 bits per heavy atom. The minimum atomic E-state index is -2.69. The number of fused-ring (bicyclic) bond motifs is 1. The molecule has 1 atom stereocenters. The summed E-state index contributed by atoms with van der Waals surface area (Å²) in [7, 11) is 0. The van der Waals surface area contributed by atoms with E-state index in [2.05, 4.69) is 15.6 Å². The van der Waals surface area contributed by atoms with E-state index < -0.39 is 6.55 Å². The second-order valence-electron chi connectivity index (χ2n) is 6.21. The van der Waals surface area contributed by atoms with Crippen LogP contribution < -0.4 is 10.6 Å². The van der Waals surface area contributed by atoms with E-state index in [9.17, 15) is 13.6 Å². The Morgan fingerprint density at radius 1 is 1.15 bits per heavy atom. The number of nitrogens with zero attached hydrogens (tertiary/aromatic N) is 2. The van der Waals surface area contributed by atoms with Crippen LogP contribution in [-0.2, 0) is 0 Å². The van der Waals surface area contributed by atoms with Crippen molar-refractivity contribution < 1.29 is 13.6 Å². The SMILES string of the molecule is Cc1ccc(NC(=O)NC[C@H](C)c2nc3ccccc3n2C(F)F)cc1. The lowest BCUT2D eigenvalue weighted by Gasteiger charge is -2.15. The number of benzene rings is 2. The molecule has 2 aromatic carbocycles. The molecule has 0 spiro atoms. The molecule has 0 saturated carbocycles. The van der Waals surface area contributed by atoms with Gasteiger partial charge in [-0.05, 0) is 31.2 Å². The van der Waals surface area contributed by atoms with Gasteiger partial charge in [-0.15, -0.1) is 0 Å². The third-order valence-electron chi connectivity index (χ3n) is 4.14. The number of urea groups is 1. The topological polar surface area (TPSA) is 59.0 Å². The third-order valence-corrected chi connectivity index (χ3v) is 4.14. The smallest absolute Gasteiger partial charge is 0.320 e.